The van der Waals surface area contributed by atoms with Crippen molar-refractivity contribution in [2.75, 3.05) is 19.8 Å². The first-order valence-electron chi connectivity index (χ1n) is 10.3. The second-order valence-corrected chi connectivity index (χ2v) is 7.78. The van der Waals surface area contributed by atoms with Gasteiger partial charge in [0.1, 0.15) is 0 Å². The molecule has 32 heavy (non-hydrogen) atoms. The topological polar surface area (TPSA) is 27.7 Å². The van der Waals surface area contributed by atoms with Gasteiger partial charge in [0.25, 0.3) is 0 Å². The van der Waals surface area contributed by atoms with E-state index in [9.17, 15) is 22.0 Å². The maximum Gasteiger partial charge on any atom is 0.195 e. The lowest BCUT2D eigenvalue weighted by molar-refractivity contribution is -0.208. The van der Waals surface area contributed by atoms with Crippen molar-refractivity contribution in [1.29, 1.82) is 0 Å². The molecule has 0 atom stereocenters. The molecule has 1 fully saturated rings. The molecule has 0 amide bonds. The van der Waals surface area contributed by atoms with Gasteiger partial charge in [0, 0.05) is 16.9 Å². The predicted octanol–water partition coefficient (Wildman–Crippen LogP) is 6.23. The van der Waals surface area contributed by atoms with E-state index in [1.54, 1.807) is 0 Å². The standard InChI is InChI=1S/C24H21F5O3/c1-2-3-13-6-19(26)23(20(27)7-13)30-10-14-11-31-24(32-12-14)15-4-5-17-16(8-15)9-18(25)22(29)21(17)28/h4-9,14,24H,2-3,10-12H2,1H3/t14-,24-. The highest BCUT2D eigenvalue weighted by Crippen LogP contribution is 2.31. The van der Waals surface area contributed by atoms with Gasteiger partial charge in [-0.25, -0.2) is 22.0 Å². The molecular weight excluding hydrogens is 431 g/mol. The minimum absolute atomic E-state index is 0.0128. The molecule has 4 rings (SSSR count). The number of ether oxygens (including phenoxy) is 3. The second kappa shape index (κ2) is 9.42. The van der Waals surface area contributed by atoms with E-state index in [0.29, 0.717) is 17.5 Å². The van der Waals surface area contributed by atoms with Crippen molar-refractivity contribution < 1.29 is 36.2 Å². The summed E-state index contributed by atoms with van der Waals surface area (Å²) in [6.45, 7) is 2.28. The number of hydrogen-bond acceptors (Lipinski definition) is 3. The van der Waals surface area contributed by atoms with E-state index in [4.69, 9.17) is 14.2 Å². The second-order valence-electron chi connectivity index (χ2n) is 7.78. The average molecular weight is 452 g/mol. The van der Waals surface area contributed by atoms with E-state index in [0.717, 1.165) is 12.5 Å². The zero-order chi connectivity index (χ0) is 22.8. The van der Waals surface area contributed by atoms with Gasteiger partial charge in [0.05, 0.1) is 19.8 Å². The zero-order valence-electron chi connectivity index (χ0n) is 17.3. The molecule has 0 aromatic heterocycles. The van der Waals surface area contributed by atoms with Crippen LogP contribution < -0.4 is 4.74 Å². The molecule has 3 aromatic carbocycles. The Morgan fingerprint density at radius 2 is 1.56 bits per heavy atom. The summed E-state index contributed by atoms with van der Waals surface area (Å²) in [7, 11) is 0. The smallest absolute Gasteiger partial charge is 0.195 e. The molecule has 1 saturated heterocycles. The predicted molar refractivity (Wildman–Crippen MR) is 108 cm³/mol. The summed E-state index contributed by atoms with van der Waals surface area (Å²) >= 11 is 0. The first kappa shape index (κ1) is 22.5. The molecule has 1 heterocycles. The molecule has 0 saturated carbocycles. The van der Waals surface area contributed by atoms with Crippen LogP contribution in [-0.4, -0.2) is 19.8 Å². The first-order valence-corrected chi connectivity index (χ1v) is 10.3. The van der Waals surface area contributed by atoms with Crippen LogP contribution in [-0.2, 0) is 15.9 Å². The Bertz CT molecular complexity index is 1100. The number of rotatable bonds is 6. The third-order valence-electron chi connectivity index (χ3n) is 5.30. The molecule has 3 nitrogen and oxygen atoms in total. The van der Waals surface area contributed by atoms with E-state index in [-0.39, 0.29) is 36.5 Å². The van der Waals surface area contributed by atoms with Gasteiger partial charge < -0.3 is 14.2 Å². The quantitative estimate of drug-likeness (QED) is 0.328. The SMILES string of the molecule is CCCc1cc(F)c(OC[C@H]2CO[C@H](c3ccc4c(F)c(F)c(F)cc4c3)OC2)c(F)c1. The number of aryl methyl sites for hydroxylation is 1. The average Bonchev–Trinajstić information content (AvgIpc) is 2.77. The van der Waals surface area contributed by atoms with Crippen molar-refractivity contribution in [2.24, 2.45) is 5.92 Å². The van der Waals surface area contributed by atoms with Crippen LogP contribution in [0.4, 0.5) is 22.0 Å². The lowest BCUT2D eigenvalue weighted by atomic mass is 10.0. The van der Waals surface area contributed by atoms with E-state index in [2.05, 4.69) is 0 Å². The number of hydrogen-bond donors (Lipinski definition) is 0. The van der Waals surface area contributed by atoms with Crippen molar-refractivity contribution in [2.45, 2.75) is 26.1 Å². The van der Waals surface area contributed by atoms with Crippen LogP contribution in [0.15, 0.2) is 36.4 Å². The Balaban J connectivity index is 1.38. The molecule has 0 aliphatic carbocycles. The number of fused-ring (bicyclic) bond motifs is 1. The fourth-order valence-corrected chi connectivity index (χ4v) is 3.69. The molecule has 1 aliphatic heterocycles. The van der Waals surface area contributed by atoms with Crippen LogP contribution in [0.2, 0.25) is 0 Å². The van der Waals surface area contributed by atoms with Crippen molar-refractivity contribution in [1.82, 2.24) is 0 Å². The van der Waals surface area contributed by atoms with Gasteiger partial charge in [0.15, 0.2) is 41.1 Å². The van der Waals surface area contributed by atoms with E-state index >= 15 is 0 Å². The van der Waals surface area contributed by atoms with Crippen molar-refractivity contribution >= 4 is 10.8 Å². The molecule has 8 heteroatoms. The molecule has 0 unspecified atom stereocenters. The molecule has 0 spiro atoms. The summed E-state index contributed by atoms with van der Waals surface area (Å²) in [5.41, 5.74) is 1.07. The Morgan fingerprint density at radius 3 is 2.22 bits per heavy atom. The molecule has 0 bridgehead atoms. The van der Waals surface area contributed by atoms with Crippen LogP contribution in [0.3, 0.4) is 0 Å². The molecule has 3 aromatic rings. The number of halogens is 5. The maximum absolute atomic E-state index is 14.2. The summed E-state index contributed by atoms with van der Waals surface area (Å²) < 4.78 is 85.8. The number of benzene rings is 3. The van der Waals surface area contributed by atoms with Crippen LogP contribution in [0, 0.1) is 35.0 Å². The highest BCUT2D eigenvalue weighted by molar-refractivity contribution is 5.84. The molecule has 170 valence electrons. The summed E-state index contributed by atoms with van der Waals surface area (Å²) in [6, 6.07) is 7.74. The molecular formula is C24H21F5O3. The molecule has 0 N–H and O–H groups in total. The summed E-state index contributed by atoms with van der Waals surface area (Å²) in [6.07, 6.45) is 0.547. The monoisotopic (exact) mass is 452 g/mol. The van der Waals surface area contributed by atoms with Crippen molar-refractivity contribution in [3.63, 3.8) is 0 Å². The largest absolute Gasteiger partial charge is 0.487 e. The Hall–Kier alpha value is -2.71. The zero-order valence-corrected chi connectivity index (χ0v) is 17.3. The van der Waals surface area contributed by atoms with E-state index in [1.807, 2.05) is 6.92 Å². The van der Waals surface area contributed by atoms with Gasteiger partial charge in [-0.05, 0) is 41.6 Å². The first-order chi connectivity index (χ1) is 15.4. The summed E-state index contributed by atoms with van der Waals surface area (Å²) in [4.78, 5) is 0. The Kier molecular flexibility index (Phi) is 6.62. The van der Waals surface area contributed by atoms with Crippen molar-refractivity contribution in [3.8, 4) is 5.75 Å². The van der Waals surface area contributed by atoms with E-state index in [1.165, 1.54) is 30.3 Å². The summed E-state index contributed by atoms with van der Waals surface area (Å²) in [5, 5.41) is 0.123. The van der Waals surface area contributed by atoms with Crippen LogP contribution >= 0.6 is 0 Å². The third kappa shape index (κ3) is 4.56. The maximum atomic E-state index is 14.2. The fourth-order valence-electron chi connectivity index (χ4n) is 3.69. The lowest BCUT2D eigenvalue weighted by Crippen LogP contribution is -2.31. The molecule has 0 radical (unpaired) electrons. The minimum Gasteiger partial charge on any atom is -0.487 e. The highest BCUT2D eigenvalue weighted by Gasteiger charge is 2.26. The van der Waals surface area contributed by atoms with Crippen LogP contribution in [0.25, 0.3) is 10.8 Å². The minimum atomic E-state index is -1.52. The fraction of sp³-hybridized carbons (Fsp3) is 0.333. The van der Waals surface area contributed by atoms with Gasteiger partial charge in [-0.15, -0.1) is 0 Å². The van der Waals surface area contributed by atoms with Crippen LogP contribution in [0.5, 0.6) is 5.75 Å². The lowest BCUT2D eigenvalue weighted by Gasteiger charge is -2.29. The van der Waals surface area contributed by atoms with Crippen molar-refractivity contribution in [3.05, 3.63) is 76.6 Å². The molecule has 1 aliphatic rings. The van der Waals surface area contributed by atoms with Gasteiger partial charge in [0.2, 0.25) is 0 Å². The highest BCUT2D eigenvalue weighted by atomic mass is 19.2. The third-order valence-corrected chi connectivity index (χ3v) is 5.30. The summed E-state index contributed by atoms with van der Waals surface area (Å²) in [5.74, 6) is -6.27. The van der Waals surface area contributed by atoms with Gasteiger partial charge in [-0.2, -0.15) is 0 Å². The normalized spacial score (nSPS) is 18.8. The Labute approximate surface area is 181 Å². The van der Waals surface area contributed by atoms with Gasteiger partial charge >= 0.3 is 0 Å². The van der Waals surface area contributed by atoms with Gasteiger partial charge in [-0.3, -0.25) is 0 Å². The Morgan fingerprint density at radius 1 is 0.875 bits per heavy atom. The van der Waals surface area contributed by atoms with Crippen LogP contribution in [0.1, 0.15) is 30.8 Å². The van der Waals surface area contributed by atoms with E-state index < -0.39 is 41.1 Å². The van der Waals surface area contributed by atoms with Gasteiger partial charge in [-0.1, -0.05) is 25.5 Å².